The van der Waals surface area contributed by atoms with Crippen LogP contribution in [0.25, 0.3) is 5.57 Å². The highest BCUT2D eigenvalue weighted by Crippen LogP contribution is 2.21. The van der Waals surface area contributed by atoms with Gasteiger partial charge in [-0.25, -0.2) is 4.79 Å². The summed E-state index contributed by atoms with van der Waals surface area (Å²) >= 11 is 0. The van der Waals surface area contributed by atoms with Crippen molar-refractivity contribution in [2.75, 3.05) is 19.6 Å². The van der Waals surface area contributed by atoms with E-state index < -0.39 is 6.03 Å². The van der Waals surface area contributed by atoms with Crippen molar-refractivity contribution in [3.63, 3.8) is 0 Å². The third-order valence-electron chi connectivity index (χ3n) is 4.05. The normalized spacial score (nSPS) is 16.3. The van der Waals surface area contributed by atoms with E-state index in [9.17, 15) is 9.59 Å². The van der Waals surface area contributed by atoms with E-state index in [4.69, 9.17) is 0 Å². The monoisotopic (exact) mass is 315 g/mol. The third kappa shape index (κ3) is 5.53. The van der Waals surface area contributed by atoms with Crippen LogP contribution >= 0.6 is 0 Å². The number of carbonyl (C=O) groups is 2. The van der Waals surface area contributed by atoms with E-state index in [-0.39, 0.29) is 18.5 Å². The maximum atomic E-state index is 11.9. The number of hydrogen-bond acceptors (Lipinski definition) is 3. The largest absolute Gasteiger partial charge is 0.335 e. The molecule has 2 rings (SSSR count). The molecular weight excluding hydrogens is 290 g/mol. The second-order valence-corrected chi connectivity index (χ2v) is 5.91. The van der Waals surface area contributed by atoms with E-state index in [0.717, 1.165) is 25.9 Å². The summed E-state index contributed by atoms with van der Waals surface area (Å²) in [7, 11) is 0. The van der Waals surface area contributed by atoms with Crippen molar-refractivity contribution in [1.29, 1.82) is 0 Å². The number of amides is 3. The van der Waals surface area contributed by atoms with Crippen molar-refractivity contribution in [3.05, 3.63) is 42.0 Å². The number of urea groups is 1. The van der Waals surface area contributed by atoms with Gasteiger partial charge in [-0.15, -0.1) is 0 Å². The third-order valence-corrected chi connectivity index (χ3v) is 4.05. The standard InChI is InChI=1S/C18H25N3O2/c1-3-14(2)19-18(23)20-17(22)13-21-11-9-16(10-12-21)15-7-5-4-6-8-15/h4-9,14H,3,10-13H2,1-2H3,(H2,19,20,22,23)/t14-/m0/s1. The predicted molar refractivity (Wildman–Crippen MR) is 91.9 cm³/mol. The topological polar surface area (TPSA) is 61.4 Å². The molecule has 0 aromatic heterocycles. The number of nitrogens with zero attached hydrogens (tertiary/aromatic N) is 1. The Labute approximate surface area is 137 Å². The van der Waals surface area contributed by atoms with Gasteiger partial charge in [0, 0.05) is 19.1 Å². The number of imide groups is 1. The SMILES string of the molecule is CC[C@H](C)NC(=O)NC(=O)CN1CC=C(c2ccccc2)CC1. The van der Waals surface area contributed by atoms with Gasteiger partial charge in [0.1, 0.15) is 0 Å². The molecule has 1 aliphatic heterocycles. The Hall–Kier alpha value is -2.14. The van der Waals surface area contributed by atoms with Crippen LogP contribution in [0.4, 0.5) is 4.79 Å². The zero-order valence-electron chi connectivity index (χ0n) is 13.8. The molecule has 2 N–H and O–H groups in total. The first-order valence-corrected chi connectivity index (χ1v) is 8.15. The summed E-state index contributed by atoms with van der Waals surface area (Å²) in [4.78, 5) is 25.6. The van der Waals surface area contributed by atoms with Gasteiger partial charge in [0.15, 0.2) is 0 Å². The Balaban J connectivity index is 1.78. The minimum Gasteiger partial charge on any atom is -0.335 e. The number of carbonyl (C=O) groups excluding carboxylic acids is 2. The molecule has 1 aliphatic rings. The maximum Gasteiger partial charge on any atom is 0.321 e. The fourth-order valence-corrected chi connectivity index (χ4v) is 2.50. The molecule has 0 aliphatic carbocycles. The summed E-state index contributed by atoms with van der Waals surface area (Å²) in [6.07, 6.45) is 3.91. The van der Waals surface area contributed by atoms with Gasteiger partial charge in [0.05, 0.1) is 6.54 Å². The summed E-state index contributed by atoms with van der Waals surface area (Å²) in [5.74, 6) is -0.262. The van der Waals surface area contributed by atoms with Crippen molar-refractivity contribution < 1.29 is 9.59 Å². The first-order valence-electron chi connectivity index (χ1n) is 8.15. The van der Waals surface area contributed by atoms with Gasteiger partial charge in [-0.3, -0.25) is 15.0 Å². The van der Waals surface area contributed by atoms with Crippen LogP contribution in [0.3, 0.4) is 0 Å². The Kier molecular flexibility index (Phi) is 6.35. The summed E-state index contributed by atoms with van der Waals surface area (Å²) in [5.41, 5.74) is 2.56. The lowest BCUT2D eigenvalue weighted by Gasteiger charge is -2.25. The van der Waals surface area contributed by atoms with Gasteiger partial charge >= 0.3 is 6.03 Å². The smallest absolute Gasteiger partial charge is 0.321 e. The van der Waals surface area contributed by atoms with E-state index in [1.165, 1.54) is 11.1 Å². The van der Waals surface area contributed by atoms with E-state index in [2.05, 4.69) is 28.8 Å². The van der Waals surface area contributed by atoms with Gasteiger partial charge in [-0.05, 0) is 30.9 Å². The average Bonchev–Trinajstić information content (AvgIpc) is 2.56. The molecule has 0 fully saturated rings. The van der Waals surface area contributed by atoms with E-state index in [1.807, 2.05) is 36.9 Å². The van der Waals surface area contributed by atoms with Crippen LogP contribution in [-0.4, -0.2) is 42.5 Å². The van der Waals surface area contributed by atoms with Crippen molar-refractivity contribution in [3.8, 4) is 0 Å². The molecule has 5 nitrogen and oxygen atoms in total. The second kappa shape index (κ2) is 8.48. The zero-order valence-corrected chi connectivity index (χ0v) is 13.8. The number of hydrogen-bond donors (Lipinski definition) is 2. The fourth-order valence-electron chi connectivity index (χ4n) is 2.50. The maximum absolute atomic E-state index is 11.9. The molecule has 0 spiro atoms. The Bertz CT molecular complexity index is 569. The highest BCUT2D eigenvalue weighted by atomic mass is 16.2. The second-order valence-electron chi connectivity index (χ2n) is 5.91. The zero-order chi connectivity index (χ0) is 16.7. The average molecular weight is 315 g/mol. The van der Waals surface area contributed by atoms with Crippen molar-refractivity contribution in [2.45, 2.75) is 32.7 Å². The number of nitrogens with one attached hydrogen (secondary N) is 2. The lowest BCUT2D eigenvalue weighted by Crippen LogP contribution is -2.47. The Morgan fingerprint density at radius 2 is 2.00 bits per heavy atom. The molecule has 1 aromatic carbocycles. The quantitative estimate of drug-likeness (QED) is 0.877. The Morgan fingerprint density at radius 3 is 2.61 bits per heavy atom. The molecule has 0 radical (unpaired) electrons. The number of rotatable bonds is 5. The van der Waals surface area contributed by atoms with Gasteiger partial charge in [0.25, 0.3) is 0 Å². The van der Waals surface area contributed by atoms with E-state index in [0.29, 0.717) is 0 Å². The van der Waals surface area contributed by atoms with Crippen LogP contribution < -0.4 is 10.6 Å². The first-order chi connectivity index (χ1) is 11.1. The molecule has 0 saturated heterocycles. The molecule has 124 valence electrons. The lowest BCUT2D eigenvalue weighted by atomic mass is 10.00. The summed E-state index contributed by atoms with van der Waals surface area (Å²) in [6.45, 7) is 5.68. The molecule has 1 aromatic rings. The van der Waals surface area contributed by atoms with E-state index >= 15 is 0 Å². The fraction of sp³-hybridized carbons (Fsp3) is 0.444. The van der Waals surface area contributed by atoms with Crippen LogP contribution in [-0.2, 0) is 4.79 Å². The van der Waals surface area contributed by atoms with Gasteiger partial charge in [-0.1, -0.05) is 43.3 Å². The van der Waals surface area contributed by atoms with Crippen LogP contribution in [0.15, 0.2) is 36.4 Å². The summed E-state index contributed by atoms with van der Waals surface area (Å²) in [6, 6.07) is 9.93. The molecular formula is C18H25N3O2. The highest BCUT2D eigenvalue weighted by molar-refractivity contribution is 5.95. The Morgan fingerprint density at radius 1 is 1.26 bits per heavy atom. The van der Waals surface area contributed by atoms with Crippen molar-refractivity contribution in [1.82, 2.24) is 15.5 Å². The molecule has 0 unspecified atom stereocenters. The molecule has 0 bridgehead atoms. The summed E-state index contributed by atoms with van der Waals surface area (Å²) < 4.78 is 0. The number of benzene rings is 1. The van der Waals surface area contributed by atoms with Crippen LogP contribution in [0.1, 0.15) is 32.3 Å². The molecule has 1 atom stereocenters. The van der Waals surface area contributed by atoms with Gasteiger partial charge in [-0.2, -0.15) is 0 Å². The van der Waals surface area contributed by atoms with Crippen LogP contribution in [0.2, 0.25) is 0 Å². The predicted octanol–water partition coefficient (Wildman–Crippen LogP) is 2.40. The minimum absolute atomic E-state index is 0.0640. The lowest BCUT2D eigenvalue weighted by molar-refractivity contribution is -0.121. The highest BCUT2D eigenvalue weighted by Gasteiger charge is 2.17. The molecule has 0 saturated carbocycles. The van der Waals surface area contributed by atoms with Crippen LogP contribution in [0, 0.1) is 0 Å². The van der Waals surface area contributed by atoms with E-state index in [1.54, 1.807) is 0 Å². The van der Waals surface area contributed by atoms with Crippen molar-refractivity contribution in [2.24, 2.45) is 0 Å². The minimum atomic E-state index is -0.415. The molecule has 23 heavy (non-hydrogen) atoms. The molecule has 1 heterocycles. The molecule has 3 amide bonds. The molecule has 5 heteroatoms. The van der Waals surface area contributed by atoms with Gasteiger partial charge in [0.2, 0.25) is 5.91 Å². The summed E-state index contributed by atoms with van der Waals surface area (Å²) in [5, 5.41) is 5.11. The van der Waals surface area contributed by atoms with Crippen molar-refractivity contribution >= 4 is 17.5 Å². The van der Waals surface area contributed by atoms with Crippen LogP contribution in [0.5, 0.6) is 0 Å². The van der Waals surface area contributed by atoms with Gasteiger partial charge < -0.3 is 5.32 Å². The first kappa shape index (κ1) is 17.2.